The van der Waals surface area contributed by atoms with Crippen LogP contribution >= 0.6 is 15.9 Å². The topological polar surface area (TPSA) is 47.0 Å². The second-order valence-corrected chi connectivity index (χ2v) is 5.80. The van der Waals surface area contributed by atoms with E-state index in [0.29, 0.717) is 18.1 Å². The van der Waals surface area contributed by atoms with E-state index in [-0.39, 0.29) is 0 Å². The number of anilines is 1. The molecular formula is C13H18BrN3O. The summed E-state index contributed by atoms with van der Waals surface area (Å²) in [5, 5.41) is 3.14. The fourth-order valence-electron chi connectivity index (χ4n) is 2.99. The zero-order valence-electron chi connectivity index (χ0n) is 10.7. The summed E-state index contributed by atoms with van der Waals surface area (Å²) in [6, 6.07) is 0. The number of fused-ring (bicyclic) bond motifs is 2. The highest BCUT2D eigenvalue weighted by Crippen LogP contribution is 2.44. The average molecular weight is 312 g/mol. The van der Waals surface area contributed by atoms with Crippen LogP contribution < -0.4 is 5.32 Å². The van der Waals surface area contributed by atoms with E-state index in [9.17, 15) is 0 Å². The Morgan fingerprint density at radius 3 is 2.78 bits per heavy atom. The molecule has 3 unspecified atom stereocenters. The molecule has 2 aliphatic rings. The average Bonchev–Trinajstić information content (AvgIpc) is 3.01. The summed E-state index contributed by atoms with van der Waals surface area (Å²) in [6.45, 7) is 2.12. The lowest BCUT2D eigenvalue weighted by Crippen LogP contribution is -2.18. The molecule has 0 amide bonds. The Kier molecular flexibility index (Phi) is 3.28. The van der Waals surface area contributed by atoms with Crippen LogP contribution in [0.1, 0.15) is 43.6 Å². The van der Waals surface area contributed by atoms with Gasteiger partial charge in [-0.15, -0.1) is 0 Å². The van der Waals surface area contributed by atoms with Crippen LogP contribution in [0.5, 0.6) is 0 Å². The molecule has 0 saturated carbocycles. The number of halogens is 1. The van der Waals surface area contributed by atoms with Gasteiger partial charge in [-0.25, -0.2) is 9.97 Å². The quantitative estimate of drug-likeness (QED) is 0.932. The molecule has 3 rings (SSSR count). The van der Waals surface area contributed by atoms with E-state index in [2.05, 4.69) is 33.2 Å². The number of hydrogen-bond acceptors (Lipinski definition) is 4. The standard InChI is InChI=1S/C13H18BrN3O/c1-3-9-11(14)13(15-2)17-12(16-9)8-6-7-4-5-10(8)18-7/h7-8,10H,3-6H2,1-2H3,(H,15,16,17). The highest BCUT2D eigenvalue weighted by atomic mass is 79.9. The first kappa shape index (κ1) is 12.4. The maximum atomic E-state index is 5.90. The van der Waals surface area contributed by atoms with Gasteiger partial charge in [-0.2, -0.15) is 0 Å². The maximum absolute atomic E-state index is 5.90. The Balaban J connectivity index is 1.97. The molecular weight excluding hydrogens is 294 g/mol. The largest absolute Gasteiger partial charge is 0.374 e. The molecule has 2 saturated heterocycles. The third-order valence-electron chi connectivity index (χ3n) is 3.95. The first-order valence-electron chi connectivity index (χ1n) is 6.62. The van der Waals surface area contributed by atoms with Gasteiger partial charge in [0.2, 0.25) is 0 Å². The number of nitrogens with one attached hydrogen (secondary N) is 1. The molecule has 98 valence electrons. The predicted molar refractivity (Wildman–Crippen MR) is 73.9 cm³/mol. The third-order valence-corrected chi connectivity index (χ3v) is 4.78. The number of rotatable bonds is 3. The van der Waals surface area contributed by atoms with Crippen molar-refractivity contribution in [2.75, 3.05) is 12.4 Å². The molecule has 0 radical (unpaired) electrons. The molecule has 4 nitrogen and oxygen atoms in total. The Hall–Kier alpha value is -0.680. The molecule has 0 aromatic carbocycles. The molecule has 0 aliphatic carbocycles. The van der Waals surface area contributed by atoms with E-state index in [1.165, 1.54) is 6.42 Å². The van der Waals surface area contributed by atoms with E-state index < -0.39 is 0 Å². The van der Waals surface area contributed by atoms with E-state index in [1.807, 2.05) is 7.05 Å². The Morgan fingerprint density at radius 1 is 1.39 bits per heavy atom. The summed E-state index contributed by atoms with van der Waals surface area (Å²) in [4.78, 5) is 9.37. The van der Waals surface area contributed by atoms with Crippen molar-refractivity contribution in [1.29, 1.82) is 0 Å². The number of aromatic nitrogens is 2. The van der Waals surface area contributed by atoms with E-state index in [4.69, 9.17) is 9.72 Å². The molecule has 3 atom stereocenters. The van der Waals surface area contributed by atoms with Crippen LogP contribution in [0.3, 0.4) is 0 Å². The summed E-state index contributed by atoms with van der Waals surface area (Å²) in [5.74, 6) is 2.22. The van der Waals surface area contributed by atoms with Crippen LogP contribution in [-0.2, 0) is 11.2 Å². The highest BCUT2D eigenvalue weighted by molar-refractivity contribution is 9.10. The number of ether oxygens (including phenoxy) is 1. The highest BCUT2D eigenvalue weighted by Gasteiger charge is 2.43. The van der Waals surface area contributed by atoms with Crippen LogP contribution in [0.4, 0.5) is 5.82 Å². The van der Waals surface area contributed by atoms with Gasteiger partial charge in [-0.05, 0) is 41.6 Å². The Bertz CT molecular complexity index is 441. The van der Waals surface area contributed by atoms with Gasteiger partial charge < -0.3 is 10.1 Å². The van der Waals surface area contributed by atoms with Crippen molar-refractivity contribution < 1.29 is 4.74 Å². The predicted octanol–water partition coefficient (Wildman–Crippen LogP) is 2.88. The second kappa shape index (κ2) is 4.78. The van der Waals surface area contributed by atoms with Crippen LogP contribution in [0, 0.1) is 0 Å². The molecule has 2 fully saturated rings. The number of hydrogen-bond donors (Lipinski definition) is 1. The second-order valence-electron chi connectivity index (χ2n) is 5.01. The molecule has 18 heavy (non-hydrogen) atoms. The van der Waals surface area contributed by atoms with Gasteiger partial charge >= 0.3 is 0 Å². The summed E-state index contributed by atoms with van der Waals surface area (Å²) in [5.41, 5.74) is 1.08. The first-order chi connectivity index (χ1) is 8.72. The molecule has 1 aromatic heterocycles. The first-order valence-corrected chi connectivity index (χ1v) is 7.41. The molecule has 2 aliphatic heterocycles. The number of aryl methyl sites for hydroxylation is 1. The van der Waals surface area contributed by atoms with Crippen molar-refractivity contribution in [2.24, 2.45) is 0 Å². The Labute approximate surface area is 116 Å². The lowest BCUT2D eigenvalue weighted by Gasteiger charge is -2.19. The molecule has 3 heterocycles. The zero-order valence-corrected chi connectivity index (χ0v) is 12.3. The molecule has 5 heteroatoms. The molecule has 1 aromatic rings. The van der Waals surface area contributed by atoms with Crippen molar-refractivity contribution in [1.82, 2.24) is 9.97 Å². The summed E-state index contributed by atoms with van der Waals surface area (Å²) in [6.07, 6.45) is 5.13. The third kappa shape index (κ3) is 1.93. The lowest BCUT2D eigenvalue weighted by molar-refractivity contribution is 0.0998. The molecule has 1 N–H and O–H groups in total. The monoisotopic (exact) mass is 311 g/mol. The minimum Gasteiger partial charge on any atom is -0.374 e. The minimum atomic E-state index is 0.339. The fourth-order valence-corrected chi connectivity index (χ4v) is 3.64. The van der Waals surface area contributed by atoms with Gasteiger partial charge in [0.15, 0.2) is 0 Å². The zero-order chi connectivity index (χ0) is 12.7. The van der Waals surface area contributed by atoms with E-state index in [0.717, 1.165) is 41.1 Å². The van der Waals surface area contributed by atoms with Crippen molar-refractivity contribution in [3.8, 4) is 0 Å². The summed E-state index contributed by atoms with van der Waals surface area (Å²) < 4.78 is 6.89. The van der Waals surface area contributed by atoms with Gasteiger partial charge in [0.1, 0.15) is 11.6 Å². The van der Waals surface area contributed by atoms with Gasteiger partial charge in [0, 0.05) is 13.0 Å². The van der Waals surface area contributed by atoms with E-state index in [1.54, 1.807) is 0 Å². The summed E-state index contributed by atoms with van der Waals surface area (Å²) >= 11 is 3.57. The van der Waals surface area contributed by atoms with Gasteiger partial charge in [0.25, 0.3) is 0 Å². The lowest BCUT2D eigenvalue weighted by atomic mass is 9.88. The fraction of sp³-hybridized carbons (Fsp3) is 0.692. The van der Waals surface area contributed by atoms with Gasteiger partial charge in [-0.1, -0.05) is 6.92 Å². The minimum absolute atomic E-state index is 0.339. The maximum Gasteiger partial charge on any atom is 0.144 e. The van der Waals surface area contributed by atoms with Crippen LogP contribution in [-0.4, -0.2) is 29.2 Å². The number of nitrogens with zero attached hydrogens (tertiary/aromatic N) is 2. The van der Waals surface area contributed by atoms with Crippen molar-refractivity contribution >= 4 is 21.7 Å². The van der Waals surface area contributed by atoms with E-state index >= 15 is 0 Å². The summed E-state index contributed by atoms with van der Waals surface area (Å²) in [7, 11) is 1.90. The van der Waals surface area contributed by atoms with Crippen molar-refractivity contribution in [3.05, 3.63) is 16.0 Å². The van der Waals surface area contributed by atoms with Crippen molar-refractivity contribution in [3.63, 3.8) is 0 Å². The van der Waals surface area contributed by atoms with Gasteiger partial charge in [-0.3, -0.25) is 0 Å². The molecule has 2 bridgehead atoms. The SMILES string of the molecule is CCc1nc(C2CC3CCC2O3)nc(NC)c1Br. The van der Waals surface area contributed by atoms with Crippen LogP contribution in [0.2, 0.25) is 0 Å². The van der Waals surface area contributed by atoms with Gasteiger partial charge in [0.05, 0.1) is 22.4 Å². The van der Waals surface area contributed by atoms with Crippen LogP contribution in [0.15, 0.2) is 4.47 Å². The Morgan fingerprint density at radius 2 is 2.22 bits per heavy atom. The van der Waals surface area contributed by atoms with Crippen LogP contribution in [0.25, 0.3) is 0 Å². The molecule has 0 spiro atoms. The van der Waals surface area contributed by atoms with Crippen molar-refractivity contribution in [2.45, 2.75) is 50.7 Å². The normalized spacial score (nSPS) is 29.8. The smallest absolute Gasteiger partial charge is 0.144 e.